The maximum atomic E-state index is 4.23. The van der Waals surface area contributed by atoms with Crippen LogP contribution in [0.5, 0.6) is 0 Å². The molecule has 2 rings (SSSR count). The van der Waals surface area contributed by atoms with Crippen molar-refractivity contribution < 1.29 is 0 Å². The molecule has 4 heteroatoms. The summed E-state index contributed by atoms with van der Waals surface area (Å²) in [6, 6.07) is 5.80. The van der Waals surface area contributed by atoms with Gasteiger partial charge in [-0.15, -0.1) is 10.2 Å². The average molecular weight is 205 g/mol. The molecular weight excluding hydrogens is 194 g/mol. The molecule has 0 aliphatic carbocycles. The molecule has 3 nitrogen and oxygen atoms in total. The van der Waals surface area contributed by atoms with Crippen molar-refractivity contribution in [3.63, 3.8) is 0 Å². The molecule has 0 aliphatic rings. The van der Waals surface area contributed by atoms with Crippen LogP contribution in [-0.4, -0.2) is 15.2 Å². The minimum Gasteiger partial charge on any atom is -0.254 e. The summed E-state index contributed by atoms with van der Waals surface area (Å²) in [6.07, 6.45) is 1.77. The van der Waals surface area contributed by atoms with Crippen LogP contribution < -0.4 is 0 Å². The van der Waals surface area contributed by atoms with Gasteiger partial charge in [0.05, 0.1) is 0 Å². The van der Waals surface area contributed by atoms with Gasteiger partial charge in [-0.05, 0) is 12.1 Å². The van der Waals surface area contributed by atoms with E-state index in [1.807, 2.05) is 18.2 Å². The molecule has 0 saturated carbocycles. The molecule has 0 spiro atoms. The second kappa shape index (κ2) is 3.84. The van der Waals surface area contributed by atoms with Crippen molar-refractivity contribution in [3.05, 3.63) is 29.4 Å². The van der Waals surface area contributed by atoms with E-state index < -0.39 is 0 Å². The highest BCUT2D eigenvalue weighted by atomic mass is 32.1. The highest BCUT2D eigenvalue weighted by molar-refractivity contribution is 7.14. The number of hydrogen-bond acceptors (Lipinski definition) is 4. The third kappa shape index (κ3) is 1.80. The zero-order chi connectivity index (χ0) is 9.97. The maximum absolute atomic E-state index is 4.23. The van der Waals surface area contributed by atoms with Crippen molar-refractivity contribution in [1.82, 2.24) is 15.2 Å². The van der Waals surface area contributed by atoms with Crippen LogP contribution in [0.2, 0.25) is 0 Å². The predicted molar refractivity (Wildman–Crippen MR) is 57.2 cm³/mol. The Morgan fingerprint density at radius 3 is 2.64 bits per heavy atom. The topological polar surface area (TPSA) is 38.7 Å². The van der Waals surface area contributed by atoms with E-state index in [1.165, 1.54) is 0 Å². The molecular formula is C10H11N3S. The Hall–Kier alpha value is -1.29. The van der Waals surface area contributed by atoms with Crippen molar-refractivity contribution in [2.24, 2.45) is 0 Å². The number of rotatable bonds is 2. The average Bonchev–Trinajstić information content (AvgIpc) is 2.68. The van der Waals surface area contributed by atoms with E-state index >= 15 is 0 Å². The van der Waals surface area contributed by atoms with E-state index in [4.69, 9.17) is 0 Å². The molecule has 0 saturated heterocycles. The monoisotopic (exact) mass is 205 g/mol. The summed E-state index contributed by atoms with van der Waals surface area (Å²) in [5.41, 5.74) is 0.900. The lowest BCUT2D eigenvalue weighted by atomic mass is 10.2. The molecule has 0 atom stereocenters. The SMILES string of the molecule is CC(C)c1nnc(-c2ccccn2)s1. The van der Waals surface area contributed by atoms with Crippen LogP contribution in [0, 0.1) is 0 Å². The molecule has 72 valence electrons. The second-order valence-electron chi connectivity index (χ2n) is 3.32. The molecule has 0 unspecified atom stereocenters. The first-order valence-electron chi connectivity index (χ1n) is 4.52. The Bertz CT molecular complexity index is 408. The first-order chi connectivity index (χ1) is 6.77. The first-order valence-corrected chi connectivity index (χ1v) is 5.34. The molecule has 0 aliphatic heterocycles. The fourth-order valence-corrected chi connectivity index (χ4v) is 1.88. The molecule has 0 bridgehead atoms. The predicted octanol–water partition coefficient (Wildman–Crippen LogP) is 2.72. The van der Waals surface area contributed by atoms with Crippen LogP contribution >= 0.6 is 11.3 Å². The summed E-state index contributed by atoms with van der Waals surface area (Å²) in [5.74, 6) is 0.435. The Morgan fingerprint density at radius 1 is 1.21 bits per heavy atom. The molecule has 2 aromatic rings. The summed E-state index contributed by atoms with van der Waals surface area (Å²) >= 11 is 1.61. The zero-order valence-corrected chi connectivity index (χ0v) is 8.95. The lowest BCUT2D eigenvalue weighted by Gasteiger charge is -1.94. The smallest absolute Gasteiger partial charge is 0.166 e. The highest BCUT2D eigenvalue weighted by Crippen LogP contribution is 2.25. The van der Waals surface area contributed by atoms with Crippen LogP contribution in [0.15, 0.2) is 24.4 Å². The van der Waals surface area contributed by atoms with Gasteiger partial charge in [-0.1, -0.05) is 31.3 Å². The molecule has 0 aromatic carbocycles. The van der Waals surface area contributed by atoms with Gasteiger partial charge in [-0.3, -0.25) is 4.98 Å². The molecule has 2 heterocycles. The Labute approximate surface area is 86.9 Å². The molecule has 0 amide bonds. The van der Waals surface area contributed by atoms with Gasteiger partial charge in [0.25, 0.3) is 0 Å². The van der Waals surface area contributed by atoms with Crippen molar-refractivity contribution in [2.45, 2.75) is 19.8 Å². The fourth-order valence-electron chi connectivity index (χ4n) is 1.06. The van der Waals surface area contributed by atoms with Crippen LogP contribution in [0.4, 0.5) is 0 Å². The van der Waals surface area contributed by atoms with Crippen LogP contribution in [0.25, 0.3) is 10.7 Å². The third-order valence-corrected chi connectivity index (χ3v) is 3.06. The second-order valence-corrected chi connectivity index (χ2v) is 4.32. The summed E-state index contributed by atoms with van der Waals surface area (Å²) < 4.78 is 0. The molecule has 14 heavy (non-hydrogen) atoms. The van der Waals surface area contributed by atoms with Crippen molar-refractivity contribution in [3.8, 4) is 10.7 Å². The number of hydrogen-bond donors (Lipinski definition) is 0. The van der Waals surface area contributed by atoms with Gasteiger partial charge < -0.3 is 0 Å². The number of pyridine rings is 1. The van der Waals surface area contributed by atoms with Crippen LogP contribution in [-0.2, 0) is 0 Å². The van der Waals surface area contributed by atoms with Gasteiger partial charge in [0.2, 0.25) is 0 Å². The normalized spacial score (nSPS) is 10.8. The lowest BCUT2D eigenvalue weighted by molar-refractivity contribution is 0.825. The summed E-state index contributed by atoms with van der Waals surface area (Å²) in [6.45, 7) is 4.23. The number of aromatic nitrogens is 3. The molecule has 0 radical (unpaired) electrons. The minimum atomic E-state index is 0.435. The fraction of sp³-hybridized carbons (Fsp3) is 0.300. The van der Waals surface area contributed by atoms with E-state index in [0.717, 1.165) is 15.7 Å². The Kier molecular flexibility index (Phi) is 2.54. The summed E-state index contributed by atoms with van der Waals surface area (Å²) in [5, 5.41) is 10.2. The van der Waals surface area contributed by atoms with E-state index in [0.29, 0.717) is 5.92 Å². The quantitative estimate of drug-likeness (QED) is 0.756. The third-order valence-electron chi connectivity index (χ3n) is 1.82. The standard InChI is InChI=1S/C10H11N3S/c1-7(2)9-12-13-10(14-9)8-5-3-4-6-11-8/h3-7H,1-2H3. The van der Waals surface area contributed by atoms with Gasteiger partial charge in [0.1, 0.15) is 10.7 Å². The van der Waals surface area contributed by atoms with Crippen LogP contribution in [0.3, 0.4) is 0 Å². The van der Waals surface area contributed by atoms with Gasteiger partial charge in [0, 0.05) is 12.1 Å². The first kappa shape index (κ1) is 9.27. The largest absolute Gasteiger partial charge is 0.254 e. The lowest BCUT2D eigenvalue weighted by Crippen LogP contribution is -1.83. The minimum absolute atomic E-state index is 0.435. The van der Waals surface area contributed by atoms with Gasteiger partial charge in [-0.2, -0.15) is 0 Å². The number of nitrogens with zero attached hydrogens (tertiary/aromatic N) is 3. The maximum Gasteiger partial charge on any atom is 0.166 e. The van der Waals surface area contributed by atoms with Crippen molar-refractivity contribution in [1.29, 1.82) is 0 Å². The van der Waals surface area contributed by atoms with Crippen molar-refractivity contribution in [2.75, 3.05) is 0 Å². The van der Waals surface area contributed by atoms with E-state index in [9.17, 15) is 0 Å². The van der Waals surface area contributed by atoms with Gasteiger partial charge >= 0.3 is 0 Å². The summed E-state index contributed by atoms with van der Waals surface area (Å²) in [4.78, 5) is 4.23. The van der Waals surface area contributed by atoms with E-state index in [2.05, 4.69) is 29.0 Å². The molecule has 0 N–H and O–H groups in total. The van der Waals surface area contributed by atoms with Gasteiger partial charge in [-0.25, -0.2) is 0 Å². The van der Waals surface area contributed by atoms with Gasteiger partial charge in [0.15, 0.2) is 5.01 Å². The zero-order valence-electron chi connectivity index (χ0n) is 8.14. The Morgan fingerprint density at radius 2 is 2.07 bits per heavy atom. The van der Waals surface area contributed by atoms with E-state index in [-0.39, 0.29) is 0 Å². The van der Waals surface area contributed by atoms with Crippen LogP contribution in [0.1, 0.15) is 24.8 Å². The Balaban J connectivity index is 2.34. The molecule has 2 aromatic heterocycles. The summed E-state index contributed by atoms with van der Waals surface area (Å²) in [7, 11) is 0. The van der Waals surface area contributed by atoms with E-state index in [1.54, 1.807) is 17.5 Å². The van der Waals surface area contributed by atoms with Crippen molar-refractivity contribution >= 4 is 11.3 Å². The molecule has 0 fully saturated rings. The highest BCUT2D eigenvalue weighted by Gasteiger charge is 2.09.